The molecule has 5 heteroatoms. The van der Waals surface area contributed by atoms with Gasteiger partial charge in [-0.15, -0.1) is 11.3 Å². The standard InChI is InChI=1S/C18H16N2O2S/c1-11-13-7-3-5-9-15(13)23-17(11)18(22)20-14-8-4-2-6-12(14)10-16(19)21/h2-9H,10H2,1H3,(H2,19,21)(H,20,22). The van der Waals surface area contributed by atoms with E-state index >= 15 is 0 Å². The molecular weight excluding hydrogens is 308 g/mol. The van der Waals surface area contributed by atoms with Gasteiger partial charge in [0.05, 0.1) is 11.3 Å². The molecule has 0 aliphatic carbocycles. The number of carbonyl (C=O) groups excluding carboxylic acids is 2. The maximum atomic E-state index is 12.6. The second-order valence-corrected chi connectivity index (χ2v) is 6.36. The van der Waals surface area contributed by atoms with Gasteiger partial charge < -0.3 is 11.1 Å². The highest BCUT2D eigenvalue weighted by Crippen LogP contribution is 2.31. The lowest BCUT2D eigenvalue weighted by molar-refractivity contribution is -0.117. The van der Waals surface area contributed by atoms with E-state index in [-0.39, 0.29) is 12.3 Å². The fourth-order valence-corrected chi connectivity index (χ4v) is 3.66. The number of thiophene rings is 1. The van der Waals surface area contributed by atoms with Gasteiger partial charge in [-0.25, -0.2) is 0 Å². The van der Waals surface area contributed by atoms with Gasteiger partial charge in [0.2, 0.25) is 5.91 Å². The van der Waals surface area contributed by atoms with E-state index in [2.05, 4.69) is 5.32 Å². The first-order valence-electron chi connectivity index (χ1n) is 7.22. The zero-order valence-corrected chi connectivity index (χ0v) is 13.4. The van der Waals surface area contributed by atoms with E-state index in [0.29, 0.717) is 16.1 Å². The predicted octanol–water partition coefficient (Wildman–Crippen LogP) is 3.49. The van der Waals surface area contributed by atoms with Crippen LogP contribution in [0.4, 0.5) is 5.69 Å². The number of nitrogens with one attached hydrogen (secondary N) is 1. The minimum absolute atomic E-state index is 0.0991. The summed E-state index contributed by atoms with van der Waals surface area (Å²) in [6, 6.07) is 15.1. The number of benzene rings is 2. The highest BCUT2D eigenvalue weighted by molar-refractivity contribution is 7.21. The van der Waals surface area contributed by atoms with Gasteiger partial charge in [0.25, 0.3) is 5.91 Å². The molecule has 1 aromatic heterocycles. The highest BCUT2D eigenvalue weighted by Gasteiger charge is 2.16. The Morgan fingerprint density at radius 1 is 1.09 bits per heavy atom. The Hall–Kier alpha value is -2.66. The van der Waals surface area contributed by atoms with Crippen molar-refractivity contribution >= 4 is 38.9 Å². The van der Waals surface area contributed by atoms with Crippen LogP contribution in [0.25, 0.3) is 10.1 Å². The number of hydrogen-bond donors (Lipinski definition) is 2. The van der Waals surface area contributed by atoms with Gasteiger partial charge in [0, 0.05) is 10.4 Å². The van der Waals surface area contributed by atoms with Crippen molar-refractivity contribution in [3.05, 3.63) is 64.5 Å². The number of anilines is 1. The lowest BCUT2D eigenvalue weighted by Gasteiger charge is -2.09. The molecule has 0 saturated carbocycles. The molecule has 3 rings (SSSR count). The average molecular weight is 324 g/mol. The number of primary amides is 1. The molecule has 1 heterocycles. The zero-order valence-electron chi connectivity index (χ0n) is 12.6. The molecular formula is C18H16N2O2S. The van der Waals surface area contributed by atoms with Gasteiger partial charge in [-0.2, -0.15) is 0 Å². The minimum atomic E-state index is -0.426. The molecule has 0 unspecified atom stereocenters. The van der Waals surface area contributed by atoms with Crippen LogP contribution in [0.15, 0.2) is 48.5 Å². The van der Waals surface area contributed by atoms with Crippen LogP contribution >= 0.6 is 11.3 Å². The summed E-state index contributed by atoms with van der Waals surface area (Å²) >= 11 is 1.47. The van der Waals surface area contributed by atoms with E-state index in [0.717, 1.165) is 15.6 Å². The number of hydrogen-bond acceptors (Lipinski definition) is 3. The smallest absolute Gasteiger partial charge is 0.266 e. The summed E-state index contributed by atoms with van der Waals surface area (Å²) in [5.74, 6) is -0.592. The van der Waals surface area contributed by atoms with Gasteiger partial charge in [-0.3, -0.25) is 9.59 Å². The van der Waals surface area contributed by atoms with E-state index in [4.69, 9.17) is 5.73 Å². The van der Waals surface area contributed by atoms with Crippen molar-refractivity contribution in [1.29, 1.82) is 0 Å². The van der Waals surface area contributed by atoms with Crippen molar-refractivity contribution in [2.24, 2.45) is 5.73 Å². The molecule has 0 fully saturated rings. The predicted molar refractivity (Wildman–Crippen MR) is 93.9 cm³/mol. The normalized spacial score (nSPS) is 10.7. The molecule has 0 spiro atoms. The topological polar surface area (TPSA) is 72.2 Å². The molecule has 0 saturated heterocycles. The maximum absolute atomic E-state index is 12.6. The van der Waals surface area contributed by atoms with Crippen LogP contribution in [0.1, 0.15) is 20.8 Å². The monoisotopic (exact) mass is 324 g/mol. The first-order chi connectivity index (χ1) is 11.1. The van der Waals surface area contributed by atoms with Crippen LogP contribution in [0.2, 0.25) is 0 Å². The lowest BCUT2D eigenvalue weighted by atomic mass is 10.1. The van der Waals surface area contributed by atoms with Crippen LogP contribution in [0.3, 0.4) is 0 Å². The molecule has 3 aromatic rings. The van der Waals surface area contributed by atoms with Crippen LogP contribution in [-0.2, 0) is 11.2 Å². The summed E-state index contributed by atoms with van der Waals surface area (Å²) in [5.41, 5.74) is 7.56. The molecule has 0 bridgehead atoms. The van der Waals surface area contributed by atoms with Gasteiger partial charge >= 0.3 is 0 Å². The number of aryl methyl sites for hydroxylation is 1. The summed E-state index contributed by atoms with van der Waals surface area (Å²) in [6.07, 6.45) is 0.0991. The Balaban J connectivity index is 1.92. The number of rotatable bonds is 4. The Morgan fingerprint density at radius 2 is 1.78 bits per heavy atom. The minimum Gasteiger partial charge on any atom is -0.369 e. The molecule has 4 nitrogen and oxygen atoms in total. The third kappa shape index (κ3) is 3.10. The Kier molecular flexibility index (Phi) is 4.12. The highest BCUT2D eigenvalue weighted by atomic mass is 32.1. The SMILES string of the molecule is Cc1c(C(=O)Nc2ccccc2CC(N)=O)sc2ccccc12. The third-order valence-electron chi connectivity index (χ3n) is 3.68. The molecule has 0 radical (unpaired) electrons. The van der Waals surface area contributed by atoms with E-state index in [1.165, 1.54) is 11.3 Å². The van der Waals surface area contributed by atoms with Gasteiger partial charge in [-0.1, -0.05) is 36.4 Å². The molecule has 116 valence electrons. The number of nitrogens with two attached hydrogens (primary N) is 1. The number of amides is 2. The summed E-state index contributed by atoms with van der Waals surface area (Å²) in [7, 11) is 0. The molecule has 23 heavy (non-hydrogen) atoms. The molecule has 2 amide bonds. The van der Waals surface area contributed by atoms with Gasteiger partial charge in [-0.05, 0) is 35.6 Å². The summed E-state index contributed by atoms with van der Waals surface area (Å²) in [6.45, 7) is 1.95. The second-order valence-electron chi connectivity index (χ2n) is 5.31. The summed E-state index contributed by atoms with van der Waals surface area (Å²) < 4.78 is 1.08. The van der Waals surface area contributed by atoms with Crippen molar-refractivity contribution < 1.29 is 9.59 Å². The molecule has 3 N–H and O–H groups in total. The quantitative estimate of drug-likeness (QED) is 0.771. The van der Waals surface area contributed by atoms with Gasteiger partial charge in [0.1, 0.15) is 0 Å². The van der Waals surface area contributed by atoms with E-state index in [1.807, 2.05) is 43.3 Å². The Labute approximate surface area is 137 Å². The lowest BCUT2D eigenvalue weighted by Crippen LogP contribution is -2.17. The Bertz CT molecular complexity index is 899. The maximum Gasteiger partial charge on any atom is 0.266 e. The number of carbonyl (C=O) groups is 2. The van der Waals surface area contributed by atoms with E-state index in [1.54, 1.807) is 12.1 Å². The third-order valence-corrected chi connectivity index (χ3v) is 4.95. The molecule has 0 atom stereocenters. The number of fused-ring (bicyclic) bond motifs is 1. The second kappa shape index (κ2) is 6.22. The fraction of sp³-hybridized carbons (Fsp3) is 0.111. The Morgan fingerprint density at radius 3 is 2.52 bits per heavy atom. The largest absolute Gasteiger partial charge is 0.369 e. The van der Waals surface area contributed by atoms with E-state index < -0.39 is 5.91 Å². The first-order valence-corrected chi connectivity index (χ1v) is 8.03. The van der Waals surface area contributed by atoms with Crippen LogP contribution in [0, 0.1) is 6.92 Å². The van der Waals surface area contributed by atoms with Crippen molar-refractivity contribution in [3.63, 3.8) is 0 Å². The average Bonchev–Trinajstić information content (AvgIpc) is 2.86. The molecule has 2 aromatic carbocycles. The first kappa shape index (κ1) is 15.2. The van der Waals surface area contributed by atoms with Crippen molar-refractivity contribution in [2.45, 2.75) is 13.3 Å². The van der Waals surface area contributed by atoms with Gasteiger partial charge in [0.15, 0.2) is 0 Å². The van der Waals surface area contributed by atoms with Crippen molar-refractivity contribution in [3.8, 4) is 0 Å². The summed E-state index contributed by atoms with van der Waals surface area (Å²) in [5, 5.41) is 3.99. The van der Waals surface area contributed by atoms with Crippen LogP contribution in [0.5, 0.6) is 0 Å². The summed E-state index contributed by atoms with van der Waals surface area (Å²) in [4.78, 5) is 24.5. The van der Waals surface area contributed by atoms with Crippen molar-refractivity contribution in [2.75, 3.05) is 5.32 Å². The zero-order chi connectivity index (χ0) is 16.4. The molecule has 0 aliphatic heterocycles. The van der Waals surface area contributed by atoms with Crippen molar-refractivity contribution in [1.82, 2.24) is 0 Å². The van der Waals surface area contributed by atoms with E-state index in [9.17, 15) is 9.59 Å². The fourth-order valence-electron chi connectivity index (χ4n) is 2.55. The number of para-hydroxylation sites is 1. The van der Waals surface area contributed by atoms with Crippen LogP contribution < -0.4 is 11.1 Å². The molecule has 0 aliphatic rings. The van der Waals surface area contributed by atoms with Crippen LogP contribution in [-0.4, -0.2) is 11.8 Å².